The summed E-state index contributed by atoms with van der Waals surface area (Å²) in [4.78, 5) is 15.4. The van der Waals surface area contributed by atoms with Crippen molar-refractivity contribution in [2.24, 2.45) is 5.73 Å². The molecule has 0 bridgehead atoms. The van der Waals surface area contributed by atoms with Gasteiger partial charge in [0.2, 0.25) is 0 Å². The fraction of sp³-hybridized carbons (Fsp3) is 0.455. The lowest BCUT2D eigenvalue weighted by Gasteiger charge is -2.09. The van der Waals surface area contributed by atoms with E-state index >= 15 is 0 Å². The average molecular weight is 208 g/mol. The molecule has 0 aromatic carbocycles. The second kappa shape index (κ2) is 5.46. The summed E-state index contributed by atoms with van der Waals surface area (Å²) < 4.78 is 4.81. The summed E-state index contributed by atoms with van der Waals surface area (Å²) in [6, 6.07) is 3.19. The van der Waals surface area contributed by atoms with Crippen molar-refractivity contribution in [2.45, 2.75) is 26.3 Å². The summed E-state index contributed by atoms with van der Waals surface area (Å²) in [6.45, 7) is 4.07. The van der Waals surface area contributed by atoms with Crippen molar-refractivity contribution < 1.29 is 9.53 Å². The third-order valence-electron chi connectivity index (χ3n) is 1.99. The van der Waals surface area contributed by atoms with Gasteiger partial charge in [0.1, 0.15) is 6.04 Å². The highest BCUT2D eigenvalue weighted by molar-refractivity contribution is 5.75. The molecule has 1 aromatic rings. The Hall–Kier alpha value is -1.42. The van der Waals surface area contributed by atoms with Crippen LogP contribution in [0.1, 0.15) is 18.2 Å². The SMILES string of the molecule is CCOC(=O)C(N)Cc1ccc(C)cn1. The highest BCUT2D eigenvalue weighted by Gasteiger charge is 2.15. The van der Waals surface area contributed by atoms with Crippen molar-refractivity contribution in [3.8, 4) is 0 Å². The first-order valence-electron chi connectivity index (χ1n) is 4.97. The van der Waals surface area contributed by atoms with E-state index < -0.39 is 6.04 Å². The zero-order valence-electron chi connectivity index (χ0n) is 9.06. The highest BCUT2D eigenvalue weighted by Crippen LogP contribution is 2.02. The third kappa shape index (κ3) is 3.67. The molecule has 0 aliphatic carbocycles. The van der Waals surface area contributed by atoms with Crippen molar-refractivity contribution in [3.05, 3.63) is 29.6 Å². The molecule has 15 heavy (non-hydrogen) atoms. The third-order valence-corrected chi connectivity index (χ3v) is 1.99. The van der Waals surface area contributed by atoms with E-state index in [1.54, 1.807) is 13.1 Å². The van der Waals surface area contributed by atoms with Gasteiger partial charge in [-0.05, 0) is 25.5 Å². The fourth-order valence-corrected chi connectivity index (χ4v) is 1.18. The van der Waals surface area contributed by atoms with Gasteiger partial charge in [0.05, 0.1) is 6.61 Å². The molecule has 1 unspecified atom stereocenters. The molecule has 0 spiro atoms. The van der Waals surface area contributed by atoms with E-state index in [9.17, 15) is 4.79 Å². The topological polar surface area (TPSA) is 65.2 Å². The van der Waals surface area contributed by atoms with Crippen LogP contribution in [0.5, 0.6) is 0 Å². The quantitative estimate of drug-likeness (QED) is 0.744. The van der Waals surface area contributed by atoms with Gasteiger partial charge in [-0.1, -0.05) is 6.07 Å². The van der Waals surface area contributed by atoms with Crippen molar-refractivity contribution in [3.63, 3.8) is 0 Å². The molecule has 1 aromatic heterocycles. The average Bonchev–Trinajstić information content (AvgIpc) is 2.22. The first-order valence-corrected chi connectivity index (χ1v) is 4.97. The Kier molecular flexibility index (Phi) is 4.24. The molecule has 0 saturated carbocycles. The molecule has 2 N–H and O–H groups in total. The number of hydrogen-bond acceptors (Lipinski definition) is 4. The minimum absolute atomic E-state index is 0.355. The molecule has 1 rings (SSSR count). The van der Waals surface area contributed by atoms with Crippen LogP contribution < -0.4 is 5.73 Å². The van der Waals surface area contributed by atoms with E-state index in [0.29, 0.717) is 13.0 Å². The lowest BCUT2D eigenvalue weighted by atomic mass is 10.1. The number of esters is 1. The van der Waals surface area contributed by atoms with Crippen LogP contribution in [0.3, 0.4) is 0 Å². The van der Waals surface area contributed by atoms with Crippen molar-refractivity contribution in [2.75, 3.05) is 6.61 Å². The summed E-state index contributed by atoms with van der Waals surface area (Å²) in [6.07, 6.45) is 2.17. The van der Waals surface area contributed by atoms with Gasteiger partial charge in [-0.15, -0.1) is 0 Å². The Labute approximate surface area is 89.5 Å². The van der Waals surface area contributed by atoms with E-state index in [0.717, 1.165) is 11.3 Å². The van der Waals surface area contributed by atoms with Crippen LogP contribution >= 0.6 is 0 Å². The number of carbonyl (C=O) groups is 1. The summed E-state index contributed by atoms with van der Waals surface area (Å²) >= 11 is 0. The maximum absolute atomic E-state index is 11.2. The second-order valence-electron chi connectivity index (χ2n) is 3.39. The molecule has 0 radical (unpaired) electrons. The van der Waals surface area contributed by atoms with Gasteiger partial charge in [-0.2, -0.15) is 0 Å². The number of hydrogen-bond donors (Lipinski definition) is 1. The van der Waals surface area contributed by atoms with E-state index in [4.69, 9.17) is 10.5 Å². The molecule has 4 heteroatoms. The standard InChI is InChI=1S/C11H16N2O2/c1-3-15-11(14)10(12)6-9-5-4-8(2)7-13-9/h4-5,7,10H,3,6,12H2,1-2H3. The normalized spacial score (nSPS) is 12.2. The lowest BCUT2D eigenvalue weighted by molar-refractivity contribution is -0.144. The zero-order chi connectivity index (χ0) is 11.3. The lowest BCUT2D eigenvalue weighted by Crippen LogP contribution is -2.34. The second-order valence-corrected chi connectivity index (χ2v) is 3.39. The van der Waals surface area contributed by atoms with E-state index in [1.807, 2.05) is 19.1 Å². The Morgan fingerprint density at radius 1 is 1.60 bits per heavy atom. The molecule has 82 valence electrons. The van der Waals surface area contributed by atoms with Gasteiger partial charge in [0.25, 0.3) is 0 Å². The van der Waals surface area contributed by atoms with Crippen molar-refractivity contribution in [1.82, 2.24) is 4.98 Å². The monoisotopic (exact) mass is 208 g/mol. The number of rotatable bonds is 4. The number of nitrogens with two attached hydrogens (primary N) is 1. The van der Waals surface area contributed by atoms with Gasteiger partial charge in [0.15, 0.2) is 0 Å². The largest absolute Gasteiger partial charge is 0.465 e. The first kappa shape index (κ1) is 11.7. The van der Waals surface area contributed by atoms with Crippen molar-refractivity contribution >= 4 is 5.97 Å². The molecule has 4 nitrogen and oxygen atoms in total. The van der Waals surface area contributed by atoms with Crippen LogP contribution in [-0.2, 0) is 16.0 Å². The molecule has 1 atom stereocenters. The number of ether oxygens (including phenoxy) is 1. The summed E-state index contributed by atoms with van der Waals surface area (Å²) in [7, 11) is 0. The molecule has 1 heterocycles. The number of aryl methyl sites for hydroxylation is 1. The number of aromatic nitrogens is 1. The summed E-state index contributed by atoms with van der Waals surface area (Å²) in [5.41, 5.74) is 7.55. The Morgan fingerprint density at radius 3 is 2.87 bits per heavy atom. The maximum Gasteiger partial charge on any atom is 0.323 e. The Morgan fingerprint density at radius 2 is 2.33 bits per heavy atom. The van der Waals surface area contributed by atoms with E-state index in [1.165, 1.54) is 0 Å². The van der Waals surface area contributed by atoms with E-state index in [-0.39, 0.29) is 5.97 Å². The predicted octanol–water partition coefficient (Wildman–Crippen LogP) is 0.823. The van der Waals surface area contributed by atoms with Gasteiger partial charge < -0.3 is 10.5 Å². The van der Waals surface area contributed by atoms with Crippen LogP contribution in [0, 0.1) is 6.92 Å². The molecule has 0 fully saturated rings. The van der Waals surface area contributed by atoms with Crippen LogP contribution in [0.2, 0.25) is 0 Å². The molecule has 0 aliphatic heterocycles. The minimum atomic E-state index is -0.625. The Balaban J connectivity index is 2.54. The van der Waals surface area contributed by atoms with Gasteiger partial charge in [-0.3, -0.25) is 9.78 Å². The van der Waals surface area contributed by atoms with Crippen LogP contribution in [0.25, 0.3) is 0 Å². The van der Waals surface area contributed by atoms with Gasteiger partial charge in [-0.25, -0.2) is 0 Å². The molecule has 0 amide bonds. The van der Waals surface area contributed by atoms with Crippen LogP contribution in [0.15, 0.2) is 18.3 Å². The molecule has 0 aliphatic rings. The number of pyridine rings is 1. The predicted molar refractivity (Wildman–Crippen MR) is 57.3 cm³/mol. The fourth-order valence-electron chi connectivity index (χ4n) is 1.18. The van der Waals surface area contributed by atoms with Gasteiger partial charge in [0, 0.05) is 18.3 Å². The van der Waals surface area contributed by atoms with Gasteiger partial charge >= 0.3 is 5.97 Å². The maximum atomic E-state index is 11.2. The Bertz CT molecular complexity index is 322. The van der Waals surface area contributed by atoms with Crippen LogP contribution in [0.4, 0.5) is 0 Å². The first-order chi connectivity index (χ1) is 7.13. The molecular weight excluding hydrogens is 192 g/mol. The summed E-state index contributed by atoms with van der Waals surface area (Å²) in [5, 5.41) is 0. The van der Waals surface area contributed by atoms with Crippen LogP contribution in [-0.4, -0.2) is 23.6 Å². The molecular formula is C11H16N2O2. The molecule has 0 saturated heterocycles. The minimum Gasteiger partial charge on any atom is -0.465 e. The summed E-state index contributed by atoms with van der Waals surface area (Å²) in [5.74, 6) is -0.375. The van der Waals surface area contributed by atoms with E-state index in [2.05, 4.69) is 4.98 Å². The number of nitrogens with zero attached hydrogens (tertiary/aromatic N) is 1. The highest BCUT2D eigenvalue weighted by atomic mass is 16.5. The van der Waals surface area contributed by atoms with Crippen molar-refractivity contribution in [1.29, 1.82) is 0 Å². The zero-order valence-corrected chi connectivity index (χ0v) is 9.06. The number of carbonyl (C=O) groups excluding carboxylic acids is 1. The smallest absolute Gasteiger partial charge is 0.323 e.